The SMILES string of the molecule is CCOC(=O)c1cc(S(=O)(=O)Cl)c(C)n1CC. The number of nitrogens with zero attached hydrogens (tertiary/aromatic N) is 1. The summed E-state index contributed by atoms with van der Waals surface area (Å²) in [5, 5.41) is 0. The van der Waals surface area contributed by atoms with E-state index in [1.165, 1.54) is 6.07 Å². The maximum atomic E-state index is 11.6. The summed E-state index contributed by atoms with van der Waals surface area (Å²) in [5.74, 6) is -0.552. The molecule has 0 atom stereocenters. The minimum absolute atomic E-state index is 0.0518. The van der Waals surface area contributed by atoms with Crippen LogP contribution in [0.25, 0.3) is 0 Å². The highest BCUT2D eigenvalue weighted by Gasteiger charge is 2.24. The molecule has 1 aromatic heterocycles. The fraction of sp³-hybridized carbons (Fsp3) is 0.500. The maximum Gasteiger partial charge on any atom is 0.354 e. The van der Waals surface area contributed by atoms with Gasteiger partial charge in [-0.05, 0) is 26.8 Å². The molecule has 17 heavy (non-hydrogen) atoms. The number of ether oxygens (including phenoxy) is 1. The molecule has 5 nitrogen and oxygen atoms in total. The second-order valence-corrected chi connectivity index (χ2v) is 5.92. The van der Waals surface area contributed by atoms with Crippen LogP contribution < -0.4 is 0 Å². The van der Waals surface area contributed by atoms with Gasteiger partial charge in [-0.25, -0.2) is 13.2 Å². The van der Waals surface area contributed by atoms with Crippen LogP contribution in [0.5, 0.6) is 0 Å². The van der Waals surface area contributed by atoms with E-state index >= 15 is 0 Å². The number of halogens is 1. The van der Waals surface area contributed by atoms with Crippen molar-refractivity contribution in [1.29, 1.82) is 0 Å². The molecule has 0 spiro atoms. The molecule has 0 amide bonds. The molecule has 7 heteroatoms. The van der Waals surface area contributed by atoms with Gasteiger partial charge in [-0.2, -0.15) is 0 Å². The summed E-state index contributed by atoms with van der Waals surface area (Å²) >= 11 is 0. The van der Waals surface area contributed by atoms with Gasteiger partial charge in [-0.1, -0.05) is 0 Å². The number of hydrogen-bond donors (Lipinski definition) is 0. The maximum absolute atomic E-state index is 11.6. The normalized spacial score (nSPS) is 11.5. The Morgan fingerprint density at radius 2 is 2.06 bits per heavy atom. The van der Waals surface area contributed by atoms with Crippen molar-refractivity contribution in [2.75, 3.05) is 6.61 Å². The number of rotatable bonds is 4. The second-order valence-electron chi connectivity index (χ2n) is 3.38. The summed E-state index contributed by atoms with van der Waals surface area (Å²) in [6.45, 7) is 5.78. The molecule has 0 unspecified atom stereocenters. The Kier molecular flexibility index (Phi) is 4.21. The molecule has 0 N–H and O–H groups in total. The van der Waals surface area contributed by atoms with E-state index in [0.717, 1.165) is 0 Å². The lowest BCUT2D eigenvalue weighted by atomic mass is 10.4. The van der Waals surface area contributed by atoms with Gasteiger partial charge in [0.05, 0.1) is 6.61 Å². The van der Waals surface area contributed by atoms with Gasteiger partial charge in [0.25, 0.3) is 9.05 Å². The van der Waals surface area contributed by atoms with Crippen LogP contribution in [0.4, 0.5) is 0 Å². The van der Waals surface area contributed by atoms with E-state index in [2.05, 4.69) is 0 Å². The predicted molar refractivity (Wildman–Crippen MR) is 63.8 cm³/mol. The molecule has 0 radical (unpaired) electrons. The van der Waals surface area contributed by atoms with Crippen molar-refractivity contribution >= 4 is 25.7 Å². The monoisotopic (exact) mass is 279 g/mol. The topological polar surface area (TPSA) is 65.4 Å². The number of hydrogen-bond acceptors (Lipinski definition) is 4. The van der Waals surface area contributed by atoms with Gasteiger partial charge in [0.1, 0.15) is 10.6 Å². The van der Waals surface area contributed by atoms with Crippen molar-refractivity contribution in [3.63, 3.8) is 0 Å². The third kappa shape index (κ3) is 2.81. The molecule has 0 bridgehead atoms. The van der Waals surface area contributed by atoms with Crippen molar-refractivity contribution in [3.05, 3.63) is 17.5 Å². The largest absolute Gasteiger partial charge is 0.461 e. The summed E-state index contributed by atoms with van der Waals surface area (Å²) in [4.78, 5) is 11.6. The fourth-order valence-electron chi connectivity index (χ4n) is 1.65. The van der Waals surface area contributed by atoms with Crippen LogP contribution in [0.1, 0.15) is 30.0 Å². The summed E-state index contributed by atoms with van der Waals surface area (Å²) in [6.07, 6.45) is 0. The molecule has 1 aromatic rings. The molecule has 1 heterocycles. The van der Waals surface area contributed by atoms with E-state index in [0.29, 0.717) is 12.2 Å². The van der Waals surface area contributed by atoms with Crippen LogP contribution in [-0.4, -0.2) is 25.6 Å². The third-order valence-electron chi connectivity index (χ3n) is 2.38. The number of aromatic nitrogens is 1. The Balaban J connectivity index is 3.38. The molecule has 0 aliphatic rings. The highest BCUT2D eigenvalue weighted by molar-refractivity contribution is 8.13. The van der Waals surface area contributed by atoms with Crippen molar-refractivity contribution < 1.29 is 17.9 Å². The lowest BCUT2D eigenvalue weighted by Gasteiger charge is -2.07. The van der Waals surface area contributed by atoms with Crippen molar-refractivity contribution in [2.24, 2.45) is 0 Å². The van der Waals surface area contributed by atoms with E-state index in [1.54, 1.807) is 25.3 Å². The minimum atomic E-state index is -3.85. The van der Waals surface area contributed by atoms with Gasteiger partial charge in [-0.3, -0.25) is 0 Å². The first-order chi connectivity index (χ1) is 7.82. The minimum Gasteiger partial charge on any atom is -0.461 e. The van der Waals surface area contributed by atoms with Crippen LogP contribution in [0.15, 0.2) is 11.0 Å². The van der Waals surface area contributed by atoms with Crippen LogP contribution >= 0.6 is 10.7 Å². The molecule has 0 fully saturated rings. The average Bonchev–Trinajstić information content (AvgIpc) is 2.55. The van der Waals surface area contributed by atoms with E-state index in [9.17, 15) is 13.2 Å². The first-order valence-corrected chi connectivity index (χ1v) is 7.45. The molecule has 1 rings (SSSR count). The standard InChI is InChI=1S/C10H14ClNO4S/c1-4-12-7(3)9(17(11,14)15)6-8(12)10(13)16-5-2/h6H,4-5H2,1-3H3. The van der Waals surface area contributed by atoms with Crippen LogP contribution in [0.2, 0.25) is 0 Å². The average molecular weight is 280 g/mol. The van der Waals surface area contributed by atoms with Crippen molar-refractivity contribution in [1.82, 2.24) is 4.57 Å². The number of esters is 1. The lowest BCUT2D eigenvalue weighted by molar-refractivity contribution is 0.0513. The Morgan fingerprint density at radius 3 is 2.47 bits per heavy atom. The smallest absolute Gasteiger partial charge is 0.354 e. The highest BCUT2D eigenvalue weighted by Crippen LogP contribution is 2.24. The summed E-state index contributed by atoms with van der Waals surface area (Å²) in [5.41, 5.74) is 0.636. The zero-order chi connectivity index (χ0) is 13.2. The van der Waals surface area contributed by atoms with Gasteiger partial charge in [0.2, 0.25) is 0 Å². The fourth-order valence-corrected chi connectivity index (χ4v) is 2.83. The second kappa shape index (κ2) is 5.10. The zero-order valence-electron chi connectivity index (χ0n) is 9.86. The van der Waals surface area contributed by atoms with E-state index < -0.39 is 15.0 Å². The first kappa shape index (κ1) is 14.1. The lowest BCUT2D eigenvalue weighted by Crippen LogP contribution is -2.12. The molecule has 96 valence electrons. The predicted octanol–water partition coefficient (Wildman–Crippen LogP) is 1.92. The zero-order valence-corrected chi connectivity index (χ0v) is 11.4. The molecule has 0 aromatic carbocycles. The highest BCUT2D eigenvalue weighted by atomic mass is 35.7. The Bertz CT molecular complexity index is 533. The van der Waals surface area contributed by atoms with Gasteiger partial charge in [0, 0.05) is 22.9 Å². The quantitative estimate of drug-likeness (QED) is 0.624. The summed E-state index contributed by atoms with van der Waals surface area (Å²) in [6, 6.07) is 1.25. The van der Waals surface area contributed by atoms with E-state index in [4.69, 9.17) is 15.4 Å². The third-order valence-corrected chi connectivity index (χ3v) is 3.82. The van der Waals surface area contributed by atoms with Crippen LogP contribution in [-0.2, 0) is 20.3 Å². The molecular weight excluding hydrogens is 266 g/mol. The molecule has 0 saturated heterocycles. The van der Waals surface area contributed by atoms with E-state index in [-0.39, 0.29) is 17.2 Å². The van der Waals surface area contributed by atoms with Gasteiger partial charge in [-0.15, -0.1) is 0 Å². The summed E-state index contributed by atoms with van der Waals surface area (Å²) in [7, 11) is 1.44. The van der Waals surface area contributed by atoms with Crippen LogP contribution in [0, 0.1) is 6.92 Å². The van der Waals surface area contributed by atoms with Gasteiger partial charge >= 0.3 is 5.97 Å². The van der Waals surface area contributed by atoms with Crippen molar-refractivity contribution in [2.45, 2.75) is 32.2 Å². The molecule has 0 aliphatic heterocycles. The molecule has 0 saturated carbocycles. The van der Waals surface area contributed by atoms with Gasteiger partial charge < -0.3 is 9.30 Å². The first-order valence-electron chi connectivity index (χ1n) is 5.14. The Morgan fingerprint density at radius 1 is 1.47 bits per heavy atom. The number of carbonyl (C=O) groups excluding carboxylic acids is 1. The van der Waals surface area contributed by atoms with Gasteiger partial charge in [0.15, 0.2) is 0 Å². The summed E-state index contributed by atoms with van der Waals surface area (Å²) < 4.78 is 29.0. The number of carbonyl (C=O) groups is 1. The van der Waals surface area contributed by atoms with E-state index in [1.807, 2.05) is 0 Å². The molecular formula is C10H14ClNO4S. The Labute approximate surface area is 105 Å². The Hall–Kier alpha value is -1.01. The molecule has 0 aliphatic carbocycles. The van der Waals surface area contributed by atoms with Crippen molar-refractivity contribution in [3.8, 4) is 0 Å². The van der Waals surface area contributed by atoms with Crippen LogP contribution in [0.3, 0.4) is 0 Å².